The predicted molar refractivity (Wildman–Crippen MR) is 95.7 cm³/mol. The molecule has 1 aromatic rings. The Bertz CT molecular complexity index is 560. The van der Waals surface area contributed by atoms with Gasteiger partial charge in [0, 0.05) is 30.1 Å². The van der Waals surface area contributed by atoms with Crippen molar-refractivity contribution in [2.45, 2.75) is 39.3 Å². The van der Waals surface area contributed by atoms with E-state index in [9.17, 15) is 9.59 Å². The maximum atomic E-state index is 12.0. The lowest BCUT2D eigenvalue weighted by Crippen LogP contribution is -2.50. The molecule has 132 valence electrons. The molecule has 0 spiro atoms. The molecule has 1 saturated heterocycles. The summed E-state index contributed by atoms with van der Waals surface area (Å²) in [7, 11) is 0. The lowest BCUT2D eigenvalue weighted by molar-refractivity contribution is -0.128. The number of rotatable bonds is 6. The molecule has 2 N–H and O–H groups in total. The Kier molecular flexibility index (Phi) is 7.06. The molecule has 2 amide bonds. The van der Waals surface area contributed by atoms with Crippen molar-refractivity contribution in [3.05, 3.63) is 34.9 Å². The molecule has 1 aliphatic heterocycles. The molecule has 1 fully saturated rings. The highest BCUT2D eigenvalue weighted by Crippen LogP contribution is 2.15. The second kappa shape index (κ2) is 9.04. The average molecular weight is 352 g/mol. The van der Waals surface area contributed by atoms with Crippen LogP contribution in [0.3, 0.4) is 0 Å². The Morgan fingerprint density at radius 3 is 2.67 bits per heavy atom. The number of piperidine rings is 1. The van der Waals surface area contributed by atoms with Crippen LogP contribution in [0, 0.1) is 5.92 Å². The first-order valence-corrected chi connectivity index (χ1v) is 8.85. The van der Waals surface area contributed by atoms with Crippen molar-refractivity contribution < 1.29 is 9.59 Å². The third kappa shape index (κ3) is 6.13. The van der Waals surface area contributed by atoms with Gasteiger partial charge in [-0.25, -0.2) is 0 Å². The van der Waals surface area contributed by atoms with Crippen molar-refractivity contribution in [1.82, 2.24) is 15.5 Å². The first-order valence-electron chi connectivity index (χ1n) is 8.48. The van der Waals surface area contributed by atoms with Gasteiger partial charge >= 0.3 is 0 Å². The Labute approximate surface area is 148 Å². The smallest absolute Gasteiger partial charge is 0.239 e. The van der Waals surface area contributed by atoms with E-state index < -0.39 is 0 Å². The molecular weight excluding hydrogens is 326 g/mol. The highest BCUT2D eigenvalue weighted by molar-refractivity contribution is 6.30. The van der Waals surface area contributed by atoms with Gasteiger partial charge in [0.15, 0.2) is 0 Å². The van der Waals surface area contributed by atoms with Crippen molar-refractivity contribution >= 4 is 23.4 Å². The number of carbonyl (C=O) groups is 2. The van der Waals surface area contributed by atoms with Crippen LogP contribution in [0.15, 0.2) is 24.3 Å². The molecule has 0 bridgehead atoms. The quantitative estimate of drug-likeness (QED) is 0.826. The van der Waals surface area contributed by atoms with Crippen LogP contribution in [0.2, 0.25) is 5.02 Å². The summed E-state index contributed by atoms with van der Waals surface area (Å²) in [6, 6.07) is 8.00. The van der Waals surface area contributed by atoms with Gasteiger partial charge in [0.2, 0.25) is 11.8 Å². The largest absolute Gasteiger partial charge is 0.351 e. The summed E-state index contributed by atoms with van der Waals surface area (Å²) in [6.45, 7) is 6.37. The summed E-state index contributed by atoms with van der Waals surface area (Å²) >= 11 is 5.92. The summed E-state index contributed by atoms with van der Waals surface area (Å²) in [6.07, 6.45) is 2.03. The summed E-state index contributed by atoms with van der Waals surface area (Å²) in [5.41, 5.74) is 1.22. The van der Waals surface area contributed by atoms with E-state index in [0.717, 1.165) is 37.5 Å². The number of halogens is 1. The summed E-state index contributed by atoms with van der Waals surface area (Å²) in [4.78, 5) is 25.8. The zero-order valence-electron chi connectivity index (χ0n) is 14.3. The zero-order valence-corrected chi connectivity index (χ0v) is 15.1. The number of hydrogen-bond acceptors (Lipinski definition) is 3. The van der Waals surface area contributed by atoms with Crippen LogP contribution in [0.25, 0.3) is 0 Å². The molecule has 2 rings (SSSR count). The summed E-state index contributed by atoms with van der Waals surface area (Å²) < 4.78 is 0. The number of carbonyl (C=O) groups excluding carboxylic acids is 2. The number of nitrogens with zero attached hydrogens (tertiary/aromatic N) is 1. The van der Waals surface area contributed by atoms with E-state index in [0.29, 0.717) is 0 Å². The van der Waals surface area contributed by atoms with Crippen LogP contribution < -0.4 is 10.6 Å². The van der Waals surface area contributed by atoms with Crippen molar-refractivity contribution in [3.8, 4) is 0 Å². The first-order chi connectivity index (χ1) is 11.4. The molecule has 1 aromatic carbocycles. The number of benzene rings is 1. The molecule has 1 heterocycles. The second-order valence-corrected chi connectivity index (χ2v) is 7.08. The third-order valence-electron chi connectivity index (χ3n) is 4.14. The van der Waals surface area contributed by atoms with Gasteiger partial charge < -0.3 is 10.6 Å². The lowest BCUT2D eigenvalue weighted by Gasteiger charge is -2.33. The number of amides is 2. The van der Waals surface area contributed by atoms with Crippen LogP contribution in [0.5, 0.6) is 0 Å². The van der Waals surface area contributed by atoms with Gasteiger partial charge in [-0.2, -0.15) is 0 Å². The maximum Gasteiger partial charge on any atom is 0.239 e. The van der Waals surface area contributed by atoms with Crippen LogP contribution in [-0.4, -0.2) is 42.4 Å². The van der Waals surface area contributed by atoms with Gasteiger partial charge in [-0.3, -0.25) is 14.5 Å². The normalized spacial score (nSPS) is 18.4. The van der Waals surface area contributed by atoms with E-state index >= 15 is 0 Å². The van der Waals surface area contributed by atoms with Crippen LogP contribution >= 0.6 is 11.6 Å². The standard InChI is InChI=1S/C18H26ClN3O2/c1-13(2)18(24)20-10-17(23)21-16-4-3-9-22(12-16)11-14-5-7-15(19)8-6-14/h5-8,13,16H,3-4,9-12H2,1-2H3,(H,20,24)(H,21,23)/t16-/m1/s1. The van der Waals surface area contributed by atoms with Crippen molar-refractivity contribution in [3.63, 3.8) is 0 Å². The SMILES string of the molecule is CC(C)C(=O)NCC(=O)N[C@@H]1CCCN(Cc2ccc(Cl)cc2)C1. The van der Waals surface area contributed by atoms with Gasteiger partial charge in [-0.05, 0) is 37.1 Å². The van der Waals surface area contributed by atoms with E-state index in [1.165, 1.54) is 5.56 Å². The van der Waals surface area contributed by atoms with Gasteiger partial charge in [0.25, 0.3) is 0 Å². The minimum absolute atomic E-state index is 0.0463. The molecule has 0 aromatic heterocycles. The number of nitrogens with one attached hydrogen (secondary N) is 2. The van der Waals surface area contributed by atoms with Crippen LogP contribution in [-0.2, 0) is 16.1 Å². The van der Waals surface area contributed by atoms with Crippen LogP contribution in [0.4, 0.5) is 0 Å². The molecule has 5 nitrogen and oxygen atoms in total. The van der Waals surface area contributed by atoms with Crippen molar-refractivity contribution in [2.75, 3.05) is 19.6 Å². The minimum atomic E-state index is -0.123. The van der Waals surface area contributed by atoms with Gasteiger partial charge in [0.1, 0.15) is 0 Å². The summed E-state index contributed by atoms with van der Waals surface area (Å²) in [5.74, 6) is -0.331. The van der Waals surface area contributed by atoms with E-state index in [4.69, 9.17) is 11.6 Å². The van der Waals surface area contributed by atoms with Gasteiger partial charge in [-0.15, -0.1) is 0 Å². The van der Waals surface area contributed by atoms with E-state index in [1.54, 1.807) is 0 Å². The Balaban J connectivity index is 1.77. The number of hydrogen-bond donors (Lipinski definition) is 2. The van der Waals surface area contributed by atoms with Gasteiger partial charge in [-0.1, -0.05) is 37.6 Å². The highest BCUT2D eigenvalue weighted by atomic mass is 35.5. The highest BCUT2D eigenvalue weighted by Gasteiger charge is 2.21. The van der Waals surface area contributed by atoms with E-state index in [-0.39, 0.29) is 30.3 Å². The van der Waals surface area contributed by atoms with Gasteiger partial charge in [0.05, 0.1) is 6.54 Å². The molecule has 0 aliphatic carbocycles. The minimum Gasteiger partial charge on any atom is -0.351 e. The lowest BCUT2D eigenvalue weighted by atomic mass is 10.0. The summed E-state index contributed by atoms with van der Waals surface area (Å²) in [5, 5.41) is 6.41. The molecule has 0 saturated carbocycles. The second-order valence-electron chi connectivity index (χ2n) is 6.64. The van der Waals surface area contributed by atoms with Crippen molar-refractivity contribution in [2.24, 2.45) is 5.92 Å². The number of likely N-dealkylation sites (tertiary alicyclic amines) is 1. The molecule has 1 aliphatic rings. The van der Waals surface area contributed by atoms with E-state index in [1.807, 2.05) is 38.1 Å². The molecule has 6 heteroatoms. The maximum absolute atomic E-state index is 12.0. The topological polar surface area (TPSA) is 61.4 Å². The molecule has 24 heavy (non-hydrogen) atoms. The first kappa shape index (κ1) is 18.7. The molecule has 1 atom stereocenters. The van der Waals surface area contributed by atoms with E-state index in [2.05, 4.69) is 15.5 Å². The molecule has 0 radical (unpaired) electrons. The average Bonchev–Trinajstić information content (AvgIpc) is 2.55. The molecule has 0 unspecified atom stereocenters. The molecular formula is C18H26ClN3O2. The third-order valence-corrected chi connectivity index (χ3v) is 4.39. The Morgan fingerprint density at radius 1 is 1.29 bits per heavy atom. The van der Waals surface area contributed by atoms with Crippen LogP contribution in [0.1, 0.15) is 32.3 Å². The Hall–Kier alpha value is -1.59. The fourth-order valence-corrected chi connectivity index (χ4v) is 2.94. The fraction of sp³-hybridized carbons (Fsp3) is 0.556. The zero-order chi connectivity index (χ0) is 17.5. The predicted octanol–water partition coefficient (Wildman–Crippen LogP) is 2.19. The van der Waals surface area contributed by atoms with Crippen molar-refractivity contribution in [1.29, 1.82) is 0 Å². The Morgan fingerprint density at radius 2 is 2.00 bits per heavy atom. The monoisotopic (exact) mass is 351 g/mol. The fourth-order valence-electron chi connectivity index (χ4n) is 2.82.